The largest absolute Gasteiger partial charge is 0.176 e. The van der Waals surface area contributed by atoms with Crippen molar-refractivity contribution in [2.75, 3.05) is 0 Å². The Labute approximate surface area is 133 Å². The third-order valence-electron chi connectivity index (χ3n) is 4.08. The summed E-state index contributed by atoms with van der Waals surface area (Å²) in [6.45, 7) is 6.86. The summed E-state index contributed by atoms with van der Waals surface area (Å²) in [4.78, 5) is 0. The van der Waals surface area contributed by atoms with E-state index < -0.39 is 0 Å². The van der Waals surface area contributed by atoms with E-state index in [1.807, 2.05) is 0 Å². The number of hydrogen-bond acceptors (Lipinski definition) is 0. The monoisotopic (exact) mass is 283 g/mol. The molecule has 0 aromatic carbocycles. The van der Waals surface area contributed by atoms with Crippen molar-refractivity contribution >= 4 is 7.28 Å². The number of hydrogen-bond donors (Lipinski definition) is 0. The Bertz CT molecular complexity index is 396. The molecule has 1 rings (SSSR count). The van der Waals surface area contributed by atoms with E-state index in [1.54, 1.807) is 16.6 Å². The Hall–Kier alpha value is -0.975. The summed E-state index contributed by atoms with van der Waals surface area (Å²) in [5, 5.41) is 0. The molecule has 0 spiro atoms. The van der Waals surface area contributed by atoms with Crippen LogP contribution in [0.25, 0.3) is 0 Å². The quantitative estimate of drug-likeness (QED) is 0.422. The molecule has 1 aliphatic heterocycles. The molecule has 0 atom stereocenters. The average Bonchev–Trinajstić information content (AvgIpc) is 2.59. The van der Waals surface area contributed by atoms with Gasteiger partial charge in [-0.15, -0.1) is 5.98 Å². The minimum atomic E-state index is 1.23. The fraction of sp³-hybridized carbons (Fsp3) is 0.600. The molecule has 0 aliphatic carbocycles. The summed E-state index contributed by atoms with van der Waals surface area (Å²) in [6, 6.07) is 0. The molecule has 0 fully saturated rings. The Morgan fingerprint density at radius 1 is 0.762 bits per heavy atom. The van der Waals surface area contributed by atoms with Crippen LogP contribution in [0.5, 0.6) is 0 Å². The molecule has 115 valence electrons. The first kappa shape index (κ1) is 18.1. The molecule has 1 radical (unpaired) electrons. The number of allylic oxidation sites excluding steroid dienone is 7. The van der Waals surface area contributed by atoms with Gasteiger partial charge in [-0.05, 0) is 37.7 Å². The molecule has 0 nitrogen and oxygen atoms in total. The first-order valence-electron chi connectivity index (χ1n) is 8.93. The average molecular weight is 283 g/mol. The van der Waals surface area contributed by atoms with Crippen LogP contribution in [0.2, 0.25) is 0 Å². The van der Waals surface area contributed by atoms with Gasteiger partial charge in [0.15, 0.2) is 7.28 Å². The summed E-state index contributed by atoms with van der Waals surface area (Å²) >= 11 is 0. The Kier molecular flexibility index (Phi) is 10.0. The molecule has 0 aromatic heterocycles. The Balaban J connectivity index is 3.06. The van der Waals surface area contributed by atoms with Crippen molar-refractivity contribution in [1.82, 2.24) is 0 Å². The highest BCUT2D eigenvalue weighted by Crippen LogP contribution is 2.28. The van der Waals surface area contributed by atoms with E-state index >= 15 is 0 Å². The predicted molar refractivity (Wildman–Crippen MR) is 97.7 cm³/mol. The maximum absolute atomic E-state index is 2.36. The predicted octanol–water partition coefficient (Wildman–Crippen LogP) is 6.53. The summed E-state index contributed by atoms with van der Waals surface area (Å²) in [7, 11) is 2.36. The second-order valence-corrected chi connectivity index (χ2v) is 5.94. The van der Waals surface area contributed by atoms with Crippen molar-refractivity contribution in [3.8, 4) is 0 Å². The fourth-order valence-electron chi connectivity index (χ4n) is 2.76. The molecule has 0 saturated heterocycles. The molecular formula is C20H32B. The zero-order valence-electron chi connectivity index (χ0n) is 14.3. The fourth-order valence-corrected chi connectivity index (χ4v) is 2.76. The van der Waals surface area contributed by atoms with Gasteiger partial charge in [0.1, 0.15) is 0 Å². The van der Waals surface area contributed by atoms with E-state index in [1.165, 1.54) is 57.8 Å². The lowest BCUT2D eigenvalue weighted by Gasteiger charge is -2.18. The van der Waals surface area contributed by atoms with E-state index in [0.29, 0.717) is 0 Å². The van der Waals surface area contributed by atoms with Crippen LogP contribution in [0.1, 0.15) is 78.6 Å². The molecular weight excluding hydrogens is 251 g/mol. The van der Waals surface area contributed by atoms with Crippen LogP contribution in [0.3, 0.4) is 0 Å². The van der Waals surface area contributed by atoms with E-state index in [-0.39, 0.29) is 0 Å². The minimum Gasteiger partial charge on any atom is -0.117 e. The van der Waals surface area contributed by atoms with E-state index in [0.717, 1.165) is 0 Å². The normalized spacial score (nSPS) is 24.2. The van der Waals surface area contributed by atoms with Crippen molar-refractivity contribution in [3.05, 3.63) is 46.9 Å². The lowest BCUT2D eigenvalue weighted by molar-refractivity contribution is 0.738. The SMILES string of the molecule is CCCCC1=C/C=C\C=C/[B]/C(CCCC)=C\1CCCC. The van der Waals surface area contributed by atoms with Crippen molar-refractivity contribution in [1.29, 1.82) is 0 Å². The zero-order chi connectivity index (χ0) is 15.3. The van der Waals surface area contributed by atoms with E-state index in [2.05, 4.69) is 58.3 Å². The van der Waals surface area contributed by atoms with E-state index in [4.69, 9.17) is 0 Å². The molecule has 0 unspecified atom stereocenters. The third kappa shape index (κ3) is 7.02. The van der Waals surface area contributed by atoms with Gasteiger partial charge in [0.25, 0.3) is 0 Å². The van der Waals surface area contributed by atoms with Crippen LogP contribution in [0, 0.1) is 0 Å². The van der Waals surface area contributed by atoms with Crippen LogP contribution in [-0.2, 0) is 0 Å². The van der Waals surface area contributed by atoms with Crippen molar-refractivity contribution < 1.29 is 0 Å². The van der Waals surface area contributed by atoms with Crippen molar-refractivity contribution in [3.63, 3.8) is 0 Å². The van der Waals surface area contributed by atoms with Gasteiger partial charge in [0, 0.05) is 0 Å². The highest BCUT2D eigenvalue weighted by molar-refractivity contribution is 6.51. The van der Waals surface area contributed by atoms with Crippen LogP contribution < -0.4 is 0 Å². The van der Waals surface area contributed by atoms with Crippen LogP contribution >= 0.6 is 0 Å². The maximum atomic E-state index is 2.36. The summed E-state index contributed by atoms with van der Waals surface area (Å²) in [6.07, 6.45) is 20.3. The maximum Gasteiger partial charge on any atom is 0.176 e. The van der Waals surface area contributed by atoms with Gasteiger partial charge in [-0.25, -0.2) is 0 Å². The van der Waals surface area contributed by atoms with Crippen molar-refractivity contribution in [2.45, 2.75) is 78.6 Å². The molecule has 0 bridgehead atoms. The smallest absolute Gasteiger partial charge is 0.117 e. The molecule has 1 heteroatoms. The van der Waals surface area contributed by atoms with Gasteiger partial charge in [-0.2, -0.15) is 0 Å². The van der Waals surface area contributed by atoms with Crippen LogP contribution in [-0.4, -0.2) is 7.28 Å². The van der Waals surface area contributed by atoms with Gasteiger partial charge in [-0.3, -0.25) is 0 Å². The standard InChI is InChI=1S/C20H32B/c1-4-7-13-18-14-11-10-12-17-21-20(16-9-6-3)19(18)15-8-5-2/h10-12,14,17H,4-9,13,15-16H2,1-3H3/b11-10-,17-12-,18-14-,20-19-. The van der Waals surface area contributed by atoms with Gasteiger partial charge in [-0.1, -0.05) is 81.8 Å². The van der Waals surface area contributed by atoms with Crippen LogP contribution in [0.15, 0.2) is 46.9 Å². The molecule has 1 aliphatic rings. The topological polar surface area (TPSA) is 0 Å². The highest BCUT2D eigenvalue weighted by atomic mass is 14.1. The molecule has 1 heterocycles. The van der Waals surface area contributed by atoms with E-state index in [9.17, 15) is 0 Å². The summed E-state index contributed by atoms with van der Waals surface area (Å²) < 4.78 is 0. The van der Waals surface area contributed by atoms with Gasteiger partial charge >= 0.3 is 0 Å². The number of rotatable bonds is 9. The van der Waals surface area contributed by atoms with Gasteiger partial charge < -0.3 is 0 Å². The van der Waals surface area contributed by atoms with Crippen LogP contribution in [0.4, 0.5) is 0 Å². The van der Waals surface area contributed by atoms with Crippen molar-refractivity contribution in [2.24, 2.45) is 0 Å². The van der Waals surface area contributed by atoms with Gasteiger partial charge in [0.05, 0.1) is 0 Å². The zero-order valence-corrected chi connectivity index (χ0v) is 14.3. The molecule has 0 saturated carbocycles. The summed E-state index contributed by atoms with van der Waals surface area (Å²) in [5.41, 5.74) is 4.79. The second-order valence-electron chi connectivity index (χ2n) is 5.94. The lowest BCUT2D eigenvalue weighted by atomic mass is 9.64. The minimum absolute atomic E-state index is 1.23. The third-order valence-corrected chi connectivity index (χ3v) is 4.08. The first-order chi connectivity index (χ1) is 10.3. The molecule has 0 aromatic rings. The molecule has 0 N–H and O–H groups in total. The Morgan fingerprint density at radius 2 is 1.43 bits per heavy atom. The molecule has 21 heavy (non-hydrogen) atoms. The Morgan fingerprint density at radius 3 is 2.14 bits per heavy atom. The number of unbranched alkanes of at least 4 members (excludes halogenated alkanes) is 3. The van der Waals surface area contributed by atoms with Gasteiger partial charge in [0.2, 0.25) is 0 Å². The first-order valence-corrected chi connectivity index (χ1v) is 8.93. The second kappa shape index (κ2) is 11.7. The lowest BCUT2D eigenvalue weighted by Crippen LogP contribution is -2.03. The summed E-state index contributed by atoms with van der Waals surface area (Å²) in [5.74, 6) is 2.21. The highest BCUT2D eigenvalue weighted by Gasteiger charge is 2.11. The molecule has 0 amide bonds.